The first-order chi connectivity index (χ1) is 8.36. The van der Waals surface area contributed by atoms with Gasteiger partial charge in [0.25, 0.3) is 0 Å². The fourth-order valence-electron chi connectivity index (χ4n) is 1.61. The second kappa shape index (κ2) is 6.18. The molecule has 0 atom stereocenters. The highest BCUT2D eigenvalue weighted by atomic mass is 16.4. The van der Waals surface area contributed by atoms with Gasteiger partial charge in [0, 0.05) is 37.6 Å². The van der Waals surface area contributed by atoms with E-state index in [-0.39, 0.29) is 5.63 Å². The van der Waals surface area contributed by atoms with Crippen molar-refractivity contribution >= 4 is 11.0 Å². The molecule has 1 aliphatic heterocycles. The second-order valence-electron chi connectivity index (χ2n) is 3.79. The van der Waals surface area contributed by atoms with Gasteiger partial charge in [0.15, 0.2) is 0 Å². The number of piperazine rings is 1. The Labute approximate surface area is 99.6 Å². The summed E-state index contributed by atoms with van der Waals surface area (Å²) in [5, 5.41) is 7.40. The van der Waals surface area contributed by atoms with Crippen LogP contribution in [0.4, 0.5) is 0 Å². The largest absolute Gasteiger partial charge is 0.423 e. The van der Waals surface area contributed by atoms with Crippen molar-refractivity contribution < 1.29 is 4.42 Å². The summed E-state index contributed by atoms with van der Waals surface area (Å²) in [6, 6.07) is 10.6. The first-order valence-electron chi connectivity index (χ1n) is 5.76. The summed E-state index contributed by atoms with van der Waals surface area (Å²) in [4.78, 5) is 10.7. The van der Waals surface area contributed by atoms with E-state index in [9.17, 15) is 4.79 Å². The highest BCUT2D eigenvalue weighted by Gasteiger charge is 1.92. The van der Waals surface area contributed by atoms with Gasteiger partial charge in [0.2, 0.25) is 0 Å². The Morgan fingerprint density at radius 2 is 1.53 bits per heavy atom. The molecule has 1 fully saturated rings. The van der Waals surface area contributed by atoms with Crippen LogP contribution in [0.3, 0.4) is 0 Å². The molecule has 1 aromatic heterocycles. The molecule has 90 valence electrons. The zero-order valence-electron chi connectivity index (χ0n) is 9.61. The van der Waals surface area contributed by atoms with Gasteiger partial charge in [0.05, 0.1) is 0 Å². The van der Waals surface area contributed by atoms with E-state index in [1.54, 1.807) is 12.1 Å². The van der Waals surface area contributed by atoms with Crippen LogP contribution in [0.25, 0.3) is 11.0 Å². The maximum atomic E-state index is 10.7. The molecule has 0 radical (unpaired) electrons. The van der Waals surface area contributed by atoms with Crippen LogP contribution in [0.5, 0.6) is 0 Å². The third-order valence-corrected chi connectivity index (χ3v) is 2.49. The molecule has 0 aliphatic carbocycles. The molecule has 4 heteroatoms. The smallest absolute Gasteiger partial charge is 0.336 e. The Morgan fingerprint density at radius 3 is 2.18 bits per heavy atom. The predicted octanol–water partition coefficient (Wildman–Crippen LogP) is 0.972. The minimum Gasteiger partial charge on any atom is -0.423 e. The lowest BCUT2D eigenvalue weighted by Gasteiger charge is -2.11. The van der Waals surface area contributed by atoms with E-state index in [4.69, 9.17) is 4.42 Å². The Morgan fingerprint density at radius 1 is 0.882 bits per heavy atom. The molecule has 1 saturated heterocycles. The summed E-state index contributed by atoms with van der Waals surface area (Å²) < 4.78 is 4.91. The Hall–Kier alpha value is -1.65. The number of rotatable bonds is 0. The maximum Gasteiger partial charge on any atom is 0.336 e. The monoisotopic (exact) mass is 232 g/mol. The van der Waals surface area contributed by atoms with E-state index in [0.717, 1.165) is 31.6 Å². The fraction of sp³-hybridized carbons (Fsp3) is 0.308. The molecular formula is C13H16N2O2. The second-order valence-corrected chi connectivity index (χ2v) is 3.79. The van der Waals surface area contributed by atoms with E-state index < -0.39 is 0 Å². The molecule has 0 spiro atoms. The van der Waals surface area contributed by atoms with E-state index in [2.05, 4.69) is 10.6 Å². The lowest BCUT2D eigenvalue weighted by atomic mass is 10.2. The van der Waals surface area contributed by atoms with Gasteiger partial charge < -0.3 is 15.1 Å². The zero-order valence-corrected chi connectivity index (χ0v) is 9.61. The van der Waals surface area contributed by atoms with E-state index in [0.29, 0.717) is 5.58 Å². The summed E-state index contributed by atoms with van der Waals surface area (Å²) in [5.74, 6) is 0. The zero-order chi connectivity index (χ0) is 11.9. The minimum atomic E-state index is -0.302. The number of nitrogens with one attached hydrogen (secondary N) is 2. The summed E-state index contributed by atoms with van der Waals surface area (Å²) in [5.41, 5.74) is 0.337. The number of hydrogen-bond donors (Lipinski definition) is 2. The topological polar surface area (TPSA) is 54.3 Å². The van der Waals surface area contributed by atoms with Crippen LogP contribution in [0.2, 0.25) is 0 Å². The third-order valence-electron chi connectivity index (χ3n) is 2.49. The molecular weight excluding hydrogens is 216 g/mol. The predicted molar refractivity (Wildman–Crippen MR) is 68.2 cm³/mol. The van der Waals surface area contributed by atoms with Crippen molar-refractivity contribution in [3.05, 3.63) is 46.8 Å². The quantitative estimate of drug-likeness (QED) is 0.665. The van der Waals surface area contributed by atoms with Crippen molar-refractivity contribution in [1.29, 1.82) is 0 Å². The SMILES string of the molecule is C1CNCCN1.O=c1ccc2ccccc2o1. The van der Waals surface area contributed by atoms with Crippen molar-refractivity contribution in [2.75, 3.05) is 26.2 Å². The molecule has 17 heavy (non-hydrogen) atoms. The van der Waals surface area contributed by atoms with Crippen LogP contribution < -0.4 is 16.3 Å². The fourth-order valence-corrected chi connectivity index (χ4v) is 1.61. The molecule has 2 aromatic rings. The van der Waals surface area contributed by atoms with Gasteiger partial charge in [-0.2, -0.15) is 0 Å². The molecule has 0 amide bonds. The van der Waals surface area contributed by atoms with Gasteiger partial charge in [-0.1, -0.05) is 18.2 Å². The van der Waals surface area contributed by atoms with Crippen molar-refractivity contribution in [2.45, 2.75) is 0 Å². The van der Waals surface area contributed by atoms with Gasteiger partial charge in [-0.3, -0.25) is 0 Å². The van der Waals surface area contributed by atoms with E-state index >= 15 is 0 Å². The molecule has 0 unspecified atom stereocenters. The summed E-state index contributed by atoms with van der Waals surface area (Å²) in [6.07, 6.45) is 0. The van der Waals surface area contributed by atoms with Crippen molar-refractivity contribution in [3.63, 3.8) is 0 Å². The molecule has 2 heterocycles. The maximum absolute atomic E-state index is 10.7. The lowest BCUT2D eigenvalue weighted by molar-refractivity contribution is 0.534. The van der Waals surface area contributed by atoms with Gasteiger partial charge in [0.1, 0.15) is 5.58 Å². The summed E-state index contributed by atoms with van der Waals surface area (Å²) >= 11 is 0. The Bertz CT molecular complexity index is 506. The van der Waals surface area contributed by atoms with Gasteiger partial charge in [-0.15, -0.1) is 0 Å². The average molecular weight is 232 g/mol. The van der Waals surface area contributed by atoms with Gasteiger partial charge in [-0.05, 0) is 12.1 Å². The van der Waals surface area contributed by atoms with Crippen LogP contribution in [-0.4, -0.2) is 26.2 Å². The van der Waals surface area contributed by atoms with Crippen LogP contribution in [0.1, 0.15) is 0 Å². The highest BCUT2D eigenvalue weighted by molar-refractivity contribution is 5.75. The summed E-state index contributed by atoms with van der Waals surface area (Å²) in [6.45, 7) is 4.56. The van der Waals surface area contributed by atoms with Crippen LogP contribution >= 0.6 is 0 Å². The number of fused-ring (bicyclic) bond motifs is 1. The van der Waals surface area contributed by atoms with Crippen molar-refractivity contribution in [1.82, 2.24) is 10.6 Å². The van der Waals surface area contributed by atoms with Crippen LogP contribution in [0, 0.1) is 0 Å². The Balaban J connectivity index is 0.000000153. The molecule has 4 nitrogen and oxygen atoms in total. The van der Waals surface area contributed by atoms with Crippen molar-refractivity contribution in [3.8, 4) is 0 Å². The average Bonchev–Trinajstić information content (AvgIpc) is 2.41. The van der Waals surface area contributed by atoms with E-state index in [1.807, 2.05) is 18.2 Å². The highest BCUT2D eigenvalue weighted by Crippen LogP contribution is 2.08. The molecule has 1 aliphatic rings. The molecule has 0 bridgehead atoms. The molecule has 1 aromatic carbocycles. The minimum absolute atomic E-state index is 0.302. The number of hydrogen-bond acceptors (Lipinski definition) is 4. The first-order valence-corrected chi connectivity index (χ1v) is 5.76. The van der Waals surface area contributed by atoms with E-state index in [1.165, 1.54) is 6.07 Å². The standard InChI is InChI=1S/C9H6O2.C4H10N2/c10-9-6-5-7-3-1-2-4-8(7)11-9;1-2-6-4-3-5-1/h1-6H;5-6H,1-4H2. The normalized spacial score (nSPS) is 15.1. The Kier molecular flexibility index (Phi) is 4.30. The number of para-hydroxylation sites is 1. The molecule has 3 rings (SSSR count). The van der Waals surface area contributed by atoms with Crippen LogP contribution in [-0.2, 0) is 0 Å². The first kappa shape index (κ1) is 11.8. The lowest BCUT2D eigenvalue weighted by Crippen LogP contribution is -2.39. The van der Waals surface area contributed by atoms with Gasteiger partial charge in [-0.25, -0.2) is 4.79 Å². The van der Waals surface area contributed by atoms with Gasteiger partial charge >= 0.3 is 5.63 Å². The molecule has 0 saturated carbocycles. The van der Waals surface area contributed by atoms with Crippen molar-refractivity contribution in [2.24, 2.45) is 0 Å². The number of benzene rings is 1. The van der Waals surface area contributed by atoms with Crippen LogP contribution in [0.15, 0.2) is 45.6 Å². The third kappa shape index (κ3) is 3.69. The molecule has 2 N–H and O–H groups in total. The summed E-state index contributed by atoms with van der Waals surface area (Å²) in [7, 11) is 0.